The molecule has 0 aliphatic carbocycles. The Bertz CT molecular complexity index is 548. The Morgan fingerprint density at radius 2 is 0.781 bits per heavy atom. The summed E-state index contributed by atoms with van der Waals surface area (Å²) in [4.78, 5) is 46.2. The third kappa shape index (κ3) is 20.4. The van der Waals surface area contributed by atoms with Gasteiger partial charge in [-0.15, -0.1) is 0 Å². The predicted octanol–water partition coefficient (Wildman–Crippen LogP) is 1.41. The SMILES string of the molecule is CC(C)(C)OC(=O)NCCNC(=O)NCCCCNC(=O)NCCNC(=O)OC(C)(C)C. The summed E-state index contributed by atoms with van der Waals surface area (Å²) >= 11 is 0. The van der Waals surface area contributed by atoms with Crippen molar-refractivity contribution in [2.45, 2.75) is 65.6 Å². The van der Waals surface area contributed by atoms with Crippen LogP contribution < -0.4 is 31.9 Å². The standard InChI is InChI=1S/C20H40N6O6/c1-19(2,3)31-17(29)25-13-11-23-15(27)21-9-7-8-10-22-16(28)24-12-14-26-18(30)32-20(4,5)6/h7-14H2,1-6H3,(H,25,29)(H,26,30)(H2,21,23,27)(H2,22,24,28). The molecule has 6 N–H and O–H groups in total. The van der Waals surface area contributed by atoms with Gasteiger partial charge in [-0.25, -0.2) is 19.2 Å². The molecule has 0 atom stereocenters. The molecule has 0 heterocycles. The molecule has 0 radical (unpaired) electrons. The van der Waals surface area contributed by atoms with Gasteiger partial charge >= 0.3 is 24.2 Å². The van der Waals surface area contributed by atoms with Crippen molar-refractivity contribution in [1.29, 1.82) is 0 Å². The van der Waals surface area contributed by atoms with E-state index in [1.54, 1.807) is 41.5 Å². The van der Waals surface area contributed by atoms with Gasteiger partial charge in [0.2, 0.25) is 0 Å². The van der Waals surface area contributed by atoms with Gasteiger partial charge in [0.25, 0.3) is 0 Å². The number of urea groups is 2. The topological polar surface area (TPSA) is 159 Å². The first-order valence-electron chi connectivity index (χ1n) is 10.8. The maximum atomic E-state index is 11.6. The van der Waals surface area contributed by atoms with Crippen LogP contribution in [0.1, 0.15) is 54.4 Å². The molecule has 0 bridgehead atoms. The van der Waals surface area contributed by atoms with Crippen molar-refractivity contribution in [2.75, 3.05) is 39.3 Å². The van der Waals surface area contributed by atoms with E-state index in [9.17, 15) is 19.2 Å². The molecule has 0 aromatic heterocycles. The van der Waals surface area contributed by atoms with Gasteiger partial charge < -0.3 is 41.4 Å². The normalized spacial score (nSPS) is 11.1. The van der Waals surface area contributed by atoms with Crippen molar-refractivity contribution >= 4 is 24.2 Å². The van der Waals surface area contributed by atoms with E-state index in [0.29, 0.717) is 25.9 Å². The second-order valence-corrected chi connectivity index (χ2v) is 8.93. The van der Waals surface area contributed by atoms with Gasteiger partial charge in [-0.3, -0.25) is 0 Å². The zero-order chi connectivity index (χ0) is 24.6. The summed E-state index contributed by atoms with van der Waals surface area (Å²) in [5.74, 6) is 0. The van der Waals surface area contributed by atoms with Crippen LogP contribution in [-0.2, 0) is 9.47 Å². The van der Waals surface area contributed by atoms with E-state index in [1.807, 2.05) is 0 Å². The Labute approximate surface area is 190 Å². The molecule has 0 aromatic rings. The van der Waals surface area contributed by atoms with Gasteiger partial charge in [-0.05, 0) is 54.4 Å². The van der Waals surface area contributed by atoms with E-state index < -0.39 is 23.4 Å². The zero-order valence-electron chi connectivity index (χ0n) is 20.1. The first-order valence-corrected chi connectivity index (χ1v) is 10.8. The second kappa shape index (κ2) is 15.0. The van der Waals surface area contributed by atoms with E-state index in [2.05, 4.69) is 31.9 Å². The molecule has 0 aromatic carbocycles. The monoisotopic (exact) mass is 460 g/mol. The Hall–Kier alpha value is -2.92. The van der Waals surface area contributed by atoms with Crippen LogP contribution in [0.25, 0.3) is 0 Å². The lowest BCUT2D eigenvalue weighted by molar-refractivity contribution is 0.0517. The number of nitrogens with one attached hydrogen (secondary N) is 6. The highest BCUT2D eigenvalue weighted by atomic mass is 16.6. The average molecular weight is 461 g/mol. The highest BCUT2D eigenvalue weighted by molar-refractivity contribution is 5.74. The number of hydrogen-bond acceptors (Lipinski definition) is 6. The first kappa shape index (κ1) is 29.1. The summed E-state index contributed by atoms with van der Waals surface area (Å²) in [6, 6.07) is -0.668. The first-order chi connectivity index (χ1) is 14.8. The van der Waals surface area contributed by atoms with Gasteiger partial charge in [0.05, 0.1) is 0 Å². The molecule has 0 saturated heterocycles. The van der Waals surface area contributed by atoms with E-state index in [4.69, 9.17) is 9.47 Å². The molecule has 12 heteroatoms. The molecule has 186 valence electrons. The lowest BCUT2D eigenvalue weighted by Crippen LogP contribution is -2.42. The lowest BCUT2D eigenvalue weighted by Gasteiger charge is -2.19. The van der Waals surface area contributed by atoms with Crippen molar-refractivity contribution in [3.8, 4) is 0 Å². The highest BCUT2D eigenvalue weighted by Crippen LogP contribution is 2.06. The molecule has 0 aliphatic heterocycles. The van der Waals surface area contributed by atoms with Crippen molar-refractivity contribution in [1.82, 2.24) is 31.9 Å². The minimum Gasteiger partial charge on any atom is -0.444 e. The fourth-order valence-electron chi connectivity index (χ4n) is 2.09. The molecular formula is C20H40N6O6. The Kier molecular flexibility index (Phi) is 13.6. The van der Waals surface area contributed by atoms with Crippen molar-refractivity contribution in [3.63, 3.8) is 0 Å². The largest absolute Gasteiger partial charge is 0.444 e. The molecule has 0 aliphatic rings. The van der Waals surface area contributed by atoms with Crippen LogP contribution in [0, 0.1) is 0 Å². The number of carbonyl (C=O) groups excluding carboxylic acids is 4. The molecule has 0 spiro atoms. The smallest absolute Gasteiger partial charge is 0.407 e. The molecule has 0 fully saturated rings. The Morgan fingerprint density at radius 1 is 0.500 bits per heavy atom. The van der Waals surface area contributed by atoms with Gasteiger partial charge in [0, 0.05) is 39.3 Å². The highest BCUT2D eigenvalue weighted by Gasteiger charge is 2.16. The predicted molar refractivity (Wildman–Crippen MR) is 121 cm³/mol. The molecule has 32 heavy (non-hydrogen) atoms. The van der Waals surface area contributed by atoms with Crippen molar-refractivity contribution in [2.24, 2.45) is 0 Å². The van der Waals surface area contributed by atoms with E-state index >= 15 is 0 Å². The van der Waals surface area contributed by atoms with Crippen LogP contribution in [0.5, 0.6) is 0 Å². The summed E-state index contributed by atoms with van der Waals surface area (Å²) < 4.78 is 10.2. The summed E-state index contributed by atoms with van der Waals surface area (Å²) in [7, 11) is 0. The van der Waals surface area contributed by atoms with Gasteiger partial charge in [-0.1, -0.05) is 0 Å². The summed E-state index contributed by atoms with van der Waals surface area (Å²) in [6.45, 7) is 12.6. The minimum absolute atomic E-state index is 0.259. The molecule has 0 unspecified atom stereocenters. The zero-order valence-corrected chi connectivity index (χ0v) is 20.1. The quantitative estimate of drug-likeness (QED) is 0.256. The van der Waals surface area contributed by atoms with Gasteiger partial charge in [-0.2, -0.15) is 0 Å². The maximum Gasteiger partial charge on any atom is 0.407 e. The van der Waals surface area contributed by atoms with Crippen LogP contribution >= 0.6 is 0 Å². The van der Waals surface area contributed by atoms with Crippen molar-refractivity contribution < 1.29 is 28.7 Å². The fourth-order valence-corrected chi connectivity index (χ4v) is 2.09. The van der Waals surface area contributed by atoms with Crippen LogP contribution in [-0.4, -0.2) is 74.7 Å². The number of hydrogen-bond donors (Lipinski definition) is 6. The number of alkyl carbamates (subject to hydrolysis) is 2. The summed E-state index contributed by atoms with van der Waals surface area (Å²) in [5.41, 5.74) is -1.13. The molecule has 12 nitrogen and oxygen atoms in total. The van der Waals surface area contributed by atoms with Crippen LogP contribution in [0.15, 0.2) is 0 Å². The Balaban J connectivity index is 3.56. The molecular weight excluding hydrogens is 420 g/mol. The lowest BCUT2D eigenvalue weighted by atomic mass is 10.2. The van der Waals surface area contributed by atoms with Gasteiger partial charge in [0.15, 0.2) is 0 Å². The molecule has 6 amide bonds. The summed E-state index contributed by atoms with van der Waals surface area (Å²) in [6.07, 6.45) is 0.305. The average Bonchev–Trinajstić information content (AvgIpc) is 2.62. The van der Waals surface area contributed by atoms with Crippen LogP contribution in [0.2, 0.25) is 0 Å². The summed E-state index contributed by atoms with van der Waals surface area (Å²) in [5, 5.41) is 15.7. The molecule has 0 saturated carbocycles. The van der Waals surface area contributed by atoms with E-state index in [-0.39, 0.29) is 38.2 Å². The van der Waals surface area contributed by atoms with Gasteiger partial charge in [0.1, 0.15) is 11.2 Å². The second-order valence-electron chi connectivity index (χ2n) is 8.93. The fraction of sp³-hybridized carbons (Fsp3) is 0.800. The van der Waals surface area contributed by atoms with E-state index in [1.165, 1.54) is 0 Å². The maximum absolute atomic E-state index is 11.6. The Morgan fingerprint density at radius 3 is 1.09 bits per heavy atom. The number of unbranched alkanes of at least 4 members (excludes halogenated alkanes) is 1. The number of rotatable bonds is 11. The van der Waals surface area contributed by atoms with Crippen LogP contribution in [0.3, 0.4) is 0 Å². The van der Waals surface area contributed by atoms with E-state index in [0.717, 1.165) is 0 Å². The van der Waals surface area contributed by atoms with Crippen molar-refractivity contribution in [3.05, 3.63) is 0 Å². The third-order valence-corrected chi connectivity index (χ3v) is 3.33. The molecule has 0 rings (SSSR count). The van der Waals surface area contributed by atoms with Crippen LogP contribution in [0.4, 0.5) is 19.2 Å². The third-order valence-electron chi connectivity index (χ3n) is 3.33. The number of amides is 6. The number of ether oxygens (including phenoxy) is 2. The number of carbonyl (C=O) groups is 4. The minimum atomic E-state index is -0.566.